The number of aromatic nitrogens is 2. The molecule has 0 fully saturated rings. The van der Waals surface area contributed by atoms with Crippen LogP contribution in [-0.2, 0) is 22.6 Å². The topological polar surface area (TPSA) is 47.4 Å². The van der Waals surface area contributed by atoms with Crippen molar-refractivity contribution in [1.82, 2.24) is 14.5 Å². The number of para-hydroxylation sites is 2. The van der Waals surface area contributed by atoms with E-state index >= 15 is 0 Å². The molecule has 0 atom stereocenters. The predicted octanol–water partition coefficient (Wildman–Crippen LogP) is 3.80. The van der Waals surface area contributed by atoms with Crippen LogP contribution in [0.25, 0.3) is 11.0 Å². The molecular formula is C22H27N3O2. The van der Waals surface area contributed by atoms with Crippen molar-refractivity contribution in [3.8, 4) is 0 Å². The summed E-state index contributed by atoms with van der Waals surface area (Å²) in [7, 11) is 1.69. The lowest BCUT2D eigenvalue weighted by molar-refractivity contribution is -0.132. The number of methoxy groups -OCH3 is 1. The summed E-state index contributed by atoms with van der Waals surface area (Å²) in [6.45, 7) is 4.69. The van der Waals surface area contributed by atoms with E-state index in [-0.39, 0.29) is 5.91 Å². The average Bonchev–Trinajstić information content (AvgIpc) is 3.10. The molecule has 0 aliphatic carbocycles. The Labute approximate surface area is 160 Å². The summed E-state index contributed by atoms with van der Waals surface area (Å²) in [6, 6.07) is 16.4. The van der Waals surface area contributed by atoms with Crippen LogP contribution in [0.2, 0.25) is 0 Å². The number of imidazole rings is 1. The first kappa shape index (κ1) is 19.1. The predicted molar refractivity (Wildman–Crippen MR) is 107 cm³/mol. The highest BCUT2D eigenvalue weighted by Gasteiger charge is 2.14. The molecule has 0 radical (unpaired) electrons. The summed E-state index contributed by atoms with van der Waals surface area (Å²) in [5.74, 6) is 0.157. The fraction of sp³-hybridized carbons (Fsp3) is 0.364. The van der Waals surface area contributed by atoms with E-state index in [1.54, 1.807) is 7.11 Å². The van der Waals surface area contributed by atoms with E-state index in [0.29, 0.717) is 32.7 Å². The van der Waals surface area contributed by atoms with Gasteiger partial charge in [-0.05, 0) is 31.0 Å². The van der Waals surface area contributed by atoms with Crippen molar-refractivity contribution in [2.75, 3.05) is 20.3 Å². The van der Waals surface area contributed by atoms with Gasteiger partial charge in [-0.25, -0.2) is 4.98 Å². The van der Waals surface area contributed by atoms with Gasteiger partial charge in [0.25, 0.3) is 0 Å². The van der Waals surface area contributed by atoms with Gasteiger partial charge in [0.1, 0.15) is 0 Å². The zero-order valence-corrected chi connectivity index (χ0v) is 16.1. The number of nitrogens with zero attached hydrogens (tertiary/aromatic N) is 3. The Hall–Kier alpha value is -2.66. The summed E-state index contributed by atoms with van der Waals surface area (Å²) in [5, 5.41) is 0. The second kappa shape index (κ2) is 9.33. The molecule has 3 rings (SSSR count). The third-order valence-electron chi connectivity index (χ3n) is 4.72. The molecule has 5 heteroatoms. The van der Waals surface area contributed by atoms with Crippen molar-refractivity contribution in [3.63, 3.8) is 0 Å². The van der Waals surface area contributed by atoms with Crippen LogP contribution < -0.4 is 0 Å². The van der Waals surface area contributed by atoms with E-state index in [9.17, 15) is 4.79 Å². The van der Waals surface area contributed by atoms with Gasteiger partial charge in [-0.1, -0.05) is 42.0 Å². The molecule has 0 unspecified atom stereocenters. The average molecular weight is 365 g/mol. The third kappa shape index (κ3) is 5.17. The van der Waals surface area contributed by atoms with E-state index < -0.39 is 0 Å². The van der Waals surface area contributed by atoms with Crippen molar-refractivity contribution >= 4 is 16.9 Å². The first-order valence-corrected chi connectivity index (χ1v) is 9.39. The van der Waals surface area contributed by atoms with Crippen LogP contribution in [0, 0.1) is 6.92 Å². The van der Waals surface area contributed by atoms with Crippen LogP contribution in [0.1, 0.15) is 24.0 Å². The molecule has 1 aromatic heterocycles. The van der Waals surface area contributed by atoms with Crippen molar-refractivity contribution in [1.29, 1.82) is 0 Å². The van der Waals surface area contributed by atoms with Crippen LogP contribution in [0.15, 0.2) is 54.9 Å². The molecule has 0 aliphatic rings. The fourth-order valence-corrected chi connectivity index (χ4v) is 3.17. The molecule has 0 saturated carbocycles. The van der Waals surface area contributed by atoms with Gasteiger partial charge < -0.3 is 14.2 Å². The summed E-state index contributed by atoms with van der Waals surface area (Å²) < 4.78 is 7.20. The van der Waals surface area contributed by atoms with Gasteiger partial charge >= 0.3 is 0 Å². The number of aryl methyl sites for hydroxylation is 2. The number of hydrogen-bond acceptors (Lipinski definition) is 3. The van der Waals surface area contributed by atoms with Crippen LogP contribution in [0.4, 0.5) is 0 Å². The smallest absolute Gasteiger partial charge is 0.224 e. The number of benzene rings is 2. The lowest BCUT2D eigenvalue weighted by Crippen LogP contribution is -2.32. The molecule has 3 aromatic rings. The van der Waals surface area contributed by atoms with E-state index in [4.69, 9.17) is 4.74 Å². The second-order valence-corrected chi connectivity index (χ2v) is 6.82. The van der Waals surface area contributed by atoms with Gasteiger partial charge in [0.2, 0.25) is 5.91 Å². The number of ether oxygens (including phenoxy) is 1. The monoisotopic (exact) mass is 365 g/mol. The maximum absolute atomic E-state index is 12.9. The van der Waals surface area contributed by atoms with Crippen molar-refractivity contribution in [2.45, 2.75) is 32.9 Å². The lowest BCUT2D eigenvalue weighted by Gasteiger charge is -2.23. The van der Waals surface area contributed by atoms with Crippen LogP contribution in [0.5, 0.6) is 0 Å². The Kier molecular flexibility index (Phi) is 6.60. The highest BCUT2D eigenvalue weighted by molar-refractivity contribution is 5.77. The normalized spacial score (nSPS) is 11.0. The first-order chi connectivity index (χ1) is 13.2. The van der Waals surface area contributed by atoms with Crippen LogP contribution in [0.3, 0.4) is 0 Å². The highest BCUT2D eigenvalue weighted by atomic mass is 16.5. The number of amides is 1. The number of hydrogen-bond donors (Lipinski definition) is 0. The van der Waals surface area contributed by atoms with E-state index in [1.165, 1.54) is 5.56 Å². The standard InChI is InChI=1S/C22H27N3O2/c1-18-8-10-19(11-9-18)16-24(13-5-15-27-2)22(26)12-14-25-17-23-20-6-3-4-7-21(20)25/h3-4,6-11,17H,5,12-16H2,1-2H3. The summed E-state index contributed by atoms with van der Waals surface area (Å²) in [4.78, 5) is 19.2. The Balaban J connectivity index is 1.65. The summed E-state index contributed by atoms with van der Waals surface area (Å²) in [5.41, 5.74) is 4.40. The minimum absolute atomic E-state index is 0.157. The maximum Gasteiger partial charge on any atom is 0.224 e. The number of fused-ring (bicyclic) bond motifs is 1. The Bertz CT molecular complexity index is 871. The summed E-state index contributed by atoms with van der Waals surface area (Å²) in [6.07, 6.45) is 3.11. The molecule has 1 heterocycles. The highest BCUT2D eigenvalue weighted by Crippen LogP contribution is 2.14. The quantitative estimate of drug-likeness (QED) is 0.542. The van der Waals surface area contributed by atoms with Gasteiger partial charge in [-0.3, -0.25) is 4.79 Å². The number of carbonyl (C=O) groups is 1. The van der Waals surface area contributed by atoms with Gasteiger partial charge in [0, 0.05) is 39.8 Å². The number of carbonyl (C=O) groups excluding carboxylic acids is 1. The molecule has 5 nitrogen and oxygen atoms in total. The third-order valence-corrected chi connectivity index (χ3v) is 4.72. The Morgan fingerprint density at radius 1 is 1.15 bits per heavy atom. The van der Waals surface area contributed by atoms with Crippen molar-refractivity contribution in [2.24, 2.45) is 0 Å². The van der Waals surface area contributed by atoms with Crippen LogP contribution >= 0.6 is 0 Å². The molecule has 0 N–H and O–H groups in total. The van der Waals surface area contributed by atoms with Gasteiger partial charge in [0.05, 0.1) is 17.4 Å². The molecule has 2 aromatic carbocycles. The molecule has 1 amide bonds. The Morgan fingerprint density at radius 3 is 2.70 bits per heavy atom. The molecule has 0 bridgehead atoms. The Morgan fingerprint density at radius 2 is 1.93 bits per heavy atom. The maximum atomic E-state index is 12.9. The van der Waals surface area contributed by atoms with E-state index in [2.05, 4.69) is 36.2 Å². The van der Waals surface area contributed by atoms with E-state index in [0.717, 1.165) is 23.0 Å². The second-order valence-electron chi connectivity index (χ2n) is 6.82. The fourth-order valence-electron chi connectivity index (χ4n) is 3.17. The SMILES string of the molecule is COCCCN(Cc1ccc(C)cc1)C(=O)CCn1cnc2ccccc21. The molecule has 27 heavy (non-hydrogen) atoms. The largest absolute Gasteiger partial charge is 0.385 e. The van der Waals surface area contributed by atoms with Crippen molar-refractivity contribution < 1.29 is 9.53 Å². The minimum atomic E-state index is 0.157. The first-order valence-electron chi connectivity index (χ1n) is 9.39. The van der Waals surface area contributed by atoms with Gasteiger partial charge in [-0.2, -0.15) is 0 Å². The molecular weight excluding hydrogens is 338 g/mol. The molecule has 142 valence electrons. The zero-order valence-electron chi connectivity index (χ0n) is 16.1. The molecule has 0 spiro atoms. The number of rotatable bonds is 9. The van der Waals surface area contributed by atoms with Gasteiger partial charge in [0.15, 0.2) is 0 Å². The molecule has 0 aliphatic heterocycles. The summed E-state index contributed by atoms with van der Waals surface area (Å²) >= 11 is 0. The van der Waals surface area contributed by atoms with E-state index in [1.807, 2.05) is 40.1 Å². The molecule has 0 saturated heterocycles. The zero-order chi connectivity index (χ0) is 19.1. The van der Waals surface area contributed by atoms with Gasteiger partial charge in [-0.15, -0.1) is 0 Å². The van der Waals surface area contributed by atoms with Crippen molar-refractivity contribution in [3.05, 3.63) is 66.0 Å². The lowest BCUT2D eigenvalue weighted by atomic mass is 10.1. The minimum Gasteiger partial charge on any atom is -0.385 e. The van der Waals surface area contributed by atoms with Crippen LogP contribution in [-0.4, -0.2) is 40.6 Å².